The van der Waals surface area contributed by atoms with Crippen LogP contribution in [0.25, 0.3) is 0 Å². The zero-order valence-electron chi connectivity index (χ0n) is 11.8. The summed E-state index contributed by atoms with van der Waals surface area (Å²) in [5.41, 5.74) is 0. The van der Waals surface area contributed by atoms with Gasteiger partial charge in [0.2, 0.25) is 0 Å². The molecule has 2 aromatic rings. The molecule has 2 N–H and O–H groups in total. The van der Waals surface area contributed by atoms with Crippen LogP contribution >= 0.6 is 0 Å². The molecule has 0 saturated heterocycles. The molecule has 0 heterocycles. The van der Waals surface area contributed by atoms with Gasteiger partial charge in [0.1, 0.15) is 13.6 Å². The fourth-order valence-corrected chi connectivity index (χ4v) is 6.46. The summed E-state index contributed by atoms with van der Waals surface area (Å²) in [6.45, 7) is -1.06. The van der Waals surface area contributed by atoms with E-state index in [9.17, 15) is 4.79 Å². The first-order chi connectivity index (χ1) is 10.8. The number of rotatable bonds is 8. The predicted octanol–water partition coefficient (Wildman–Crippen LogP) is -0.000000000000000444. The third kappa shape index (κ3) is 4.20. The minimum atomic E-state index is -2.10. The highest BCUT2D eigenvalue weighted by atomic mass is 28.4. The molecular weight excluding hydrogens is 316 g/mol. The van der Waals surface area contributed by atoms with Gasteiger partial charge in [0.25, 0.3) is 0 Å². The molecule has 0 aliphatic heterocycles. The van der Waals surface area contributed by atoms with Gasteiger partial charge in [0.15, 0.2) is 5.03 Å². The van der Waals surface area contributed by atoms with Crippen LogP contribution in [0.4, 0.5) is 4.79 Å². The molecule has 2 aromatic carbocycles. The van der Waals surface area contributed by atoms with Crippen LogP contribution in [0.3, 0.4) is 0 Å². The Morgan fingerprint density at radius 3 is 1.45 bits per heavy atom. The number of carbonyl (C=O) groups is 1. The Balaban J connectivity index is 2.30. The quantitative estimate of drug-likeness (QED) is 0.526. The van der Waals surface area contributed by atoms with Crippen LogP contribution in [0, 0.1) is 0 Å². The molecule has 2 rings (SSSR count). The predicted molar refractivity (Wildman–Crippen MR) is 85.4 cm³/mol. The van der Waals surface area contributed by atoms with Gasteiger partial charge >= 0.3 is 18.1 Å². The summed E-state index contributed by atoms with van der Waals surface area (Å²) in [5, 5.41) is 19.5. The minimum Gasteiger partial charge on any atom is -0.382 e. The van der Waals surface area contributed by atoms with Crippen LogP contribution in [-0.2, 0) is 8.85 Å². The maximum atomic E-state index is 12.8. The lowest BCUT2D eigenvalue weighted by Gasteiger charge is -2.18. The van der Waals surface area contributed by atoms with Crippen molar-refractivity contribution in [2.75, 3.05) is 13.6 Å². The van der Waals surface area contributed by atoms with Gasteiger partial charge in [-0.3, -0.25) is 0 Å². The topological polar surface area (TPSA) is 76.0 Å². The molecule has 0 unspecified atom stereocenters. The Kier molecular flexibility index (Phi) is 6.65. The summed E-state index contributed by atoms with van der Waals surface area (Å²) < 4.78 is 10.6. The fourth-order valence-electron chi connectivity index (χ4n) is 1.97. The lowest BCUT2D eigenvalue weighted by Crippen LogP contribution is -2.54. The maximum Gasteiger partial charge on any atom is 0.325 e. The van der Waals surface area contributed by atoms with E-state index in [-0.39, 0.29) is 5.03 Å². The van der Waals surface area contributed by atoms with Crippen molar-refractivity contribution in [2.24, 2.45) is 0 Å². The zero-order chi connectivity index (χ0) is 15.8. The first-order valence-corrected chi connectivity index (χ1v) is 9.46. The monoisotopic (exact) mass is 332 g/mol. The van der Waals surface area contributed by atoms with Gasteiger partial charge in [-0.2, -0.15) is 0 Å². The Labute approximate surface area is 132 Å². The van der Waals surface area contributed by atoms with Crippen molar-refractivity contribution >= 4 is 33.5 Å². The van der Waals surface area contributed by atoms with E-state index in [2.05, 4.69) is 0 Å². The number of benzene rings is 2. The molecular formula is C15H16O5Si2. The molecule has 0 aliphatic rings. The second-order valence-corrected chi connectivity index (χ2v) is 8.72. The lowest BCUT2D eigenvalue weighted by atomic mass is 10.4. The molecule has 7 heteroatoms. The van der Waals surface area contributed by atoms with E-state index in [0.29, 0.717) is 0 Å². The van der Waals surface area contributed by atoms with E-state index in [1.54, 1.807) is 24.3 Å². The SMILES string of the molecule is O=C([Si](OCO)c1ccccc1)[Si](OCO)c1ccccc1. The lowest BCUT2D eigenvalue weighted by molar-refractivity contribution is 0.0967. The Morgan fingerprint density at radius 2 is 1.14 bits per heavy atom. The summed E-state index contributed by atoms with van der Waals surface area (Å²) in [4.78, 5) is 12.8. The van der Waals surface area contributed by atoms with Crippen molar-refractivity contribution in [3.63, 3.8) is 0 Å². The van der Waals surface area contributed by atoms with Gasteiger partial charge < -0.3 is 23.9 Å². The number of hydrogen-bond acceptors (Lipinski definition) is 5. The molecule has 0 spiro atoms. The minimum absolute atomic E-state index is 0.185. The van der Waals surface area contributed by atoms with E-state index < -0.39 is 31.7 Å². The highest BCUT2D eigenvalue weighted by Gasteiger charge is 2.36. The van der Waals surface area contributed by atoms with Crippen molar-refractivity contribution in [3.05, 3.63) is 60.7 Å². The average molecular weight is 332 g/mol. The van der Waals surface area contributed by atoms with Gasteiger partial charge in [-0.05, 0) is 10.4 Å². The Bertz CT molecular complexity index is 528. The van der Waals surface area contributed by atoms with Crippen LogP contribution in [0.5, 0.6) is 0 Å². The summed E-state index contributed by atoms with van der Waals surface area (Å²) in [5.74, 6) is 0. The molecule has 22 heavy (non-hydrogen) atoms. The highest BCUT2D eigenvalue weighted by Crippen LogP contribution is 2.01. The molecule has 2 radical (unpaired) electrons. The molecule has 0 fully saturated rings. The van der Waals surface area contributed by atoms with Gasteiger partial charge in [-0.25, -0.2) is 0 Å². The van der Waals surface area contributed by atoms with Crippen molar-refractivity contribution < 1.29 is 23.9 Å². The zero-order valence-corrected chi connectivity index (χ0v) is 13.8. The second kappa shape index (κ2) is 8.74. The average Bonchev–Trinajstić information content (AvgIpc) is 2.58. The van der Waals surface area contributed by atoms with Gasteiger partial charge in [0, 0.05) is 0 Å². The van der Waals surface area contributed by atoms with Gasteiger partial charge in [0.05, 0.1) is 0 Å². The van der Waals surface area contributed by atoms with E-state index in [1.165, 1.54) is 0 Å². The van der Waals surface area contributed by atoms with E-state index in [1.807, 2.05) is 36.4 Å². The van der Waals surface area contributed by atoms with Crippen molar-refractivity contribution in [3.8, 4) is 0 Å². The largest absolute Gasteiger partial charge is 0.382 e. The van der Waals surface area contributed by atoms with Crippen LogP contribution < -0.4 is 10.4 Å². The van der Waals surface area contributed by atoms with Gasteiger partial charge in [-0.15, -0.1) is 0 Å². The number of aliphatic hydroxyl groups is 2. The van der Waals surface area contributed by atoms with E-state index >= 15 is 0 Å². The van der Waals surface area contributed by atoms with Crippen LogP contribution in [0.15, 0.2) is 60.7 Å². The summed E-state index contributed by atoms with van der Waals surface area (Å²) in [6.07, 6.45) is 0. The molecule has 0 aromatic heterocycles. The summed E-state index contributed by atoms with van der Waals surface area (Å²) >= 11 is 0. The molecule has 0 amide bonds. The van der Waals surface area contributed by atoms with Crippen LogP contribution in [0.1, 0.15) is 0 Å². The molecule has 114 valence electrons. The fraction of sp³-hybridized carbons (Fsp3) is 0.133. The number of carbonyl (C=O) groups excluding carboxylic acids is 1. The van der Waals surface area contributed by atoms with Crippen molar-refractivity contribution in [1.29, 1.82) is 0 Å². The third-order valence-corrected chi connectivity index (χ3v) is 7.64. The first-order valence-electron chi connectivity index (χ1n) is 6.64. The number of aliphatic hydroxyl groups excluding tert-OH is 2. The second-order valence-electron chi connectivity index (χ2n) is 4.27. The standard InChI is InChI=1S/C15H16O5Si2/c16-11-19-21(13-7-3-1-4-8-13)15(18)22(20-12-17)14-9-5-2-6-10-14/h1-10,16-17H,11-12H2. The maximum absolute atomic E-state index is 12.8. The first kappa shape index (κ1) is 16.7. The Hall–Kier alpha value is -1.62. The Morgan fingerprint density at radius 1 is 0.773 bits per heavy atom. The normalized spacial score (nSPS) is 11.1. The molecule has 0 bridgehead atoms. The van der Waals surface area contributed by atoms with E-state index in [0.717, 1.165) is 10.4 Å². The molecule has 0 atom stereocenters. The number of hydrogen-bond donors (Lipinski definition) is 2. The van der Waals surface area contributed by atoms with Crippen LogP contribution in [0.2, 0.25) is 0 Å². The van der Waals surface area contributed by atoms with Crippen molar-refractivity contribution in [2.45, 2.75) is 0 Å². The smallest absolute Gasteiger partial charge is 0.325 e. The molecule has 5 nitrogen and oxygen atoms in total. The highest BCUT2D eigenvalue weighted by molar-refractivity contribution is 7.22. The summed E-state index contributed by atoms with van der Waals surface area (Å²) in [6, 6.07) is 18.1. The summed E-state index contributed by atoms with van der Waals surface area (Å²) in [7, 11) is -4.20. The molecule has 0 saturated carbocycles. The third-order valence-electron chi connectivity index (χ3n) is 2.90. The van der Waals surface area contributed by atoms with E-state index in [4.69, 9.17) is 19.1 Å². The van der Waals surface area contributed by atoms with Gasteiger partial charge in [-0.1, -0.05) is 60.7 Å². The van der Waals surface area contributed by atoms with Crippen LogP contribution in [-0.4, -0.2) is 46.9 Å². The van der Waals surface area contributed by atoms with Crippen molar-refractivity contribution in [1.82, 2.24) is 0 Å². The molecule has 0 aliphatic carbocycles.